The van der Waals surface area contributed by atoms with Crippen LogP contribution in [0.1, 0.15) is 17.2 Å². The Morgan fingerprint density at radius 3 is 2.82 bits per heavy atom. The van der Waals surface area contributed by atoms with Crippen molar-refractivity contribution in [2.75, 3.05) is 6.61 Å². The Balaban J connectivity index is 2.36. The van der Waals surface area contributed by atoms with Crippen LogP contribution in [0.2, 0.25) is 5.02 Å². The maximum atomic E-state index is 5.93. The van der Waals surface area contributed by atoms with Crippen molar-refractivity contribution in [1.82, 2.24) is 0 Å². The highest BCUT2D eigenvalue weighted by atomic mass is 35.5. The summed E-state index contributed by atoms with van der Waals surface area (Å²) in [5.41, 5.74) is 2.32. The predicted molar refractivity (Wildman–Crippen MR) is 44.9 cm³/mol. The minimum absolute atomic E-state index is 0.313. The fourth-order valence-electron chi connectivity index (χ4n) is 1.05. The molecule has 1 aromatic carbocycles. The third-order valence-electron chi connectivity index (χ3n) is 1.90. The van der Waals surface area contributed by atoms with Gasteiger partial charge in [-0.2, -0.15) is 0 Å². The number of ether oxygens (including phenoxy) is 1. The molecule has 1 fully saturated rings. The van der Waals surface area contributed by atoms with E-state index in [1.165, 1.54) is 5.56 Å². The number of rotatable bonds is 1. The van der Waals surface area contributed by atoms with Crippen molar-refractivity contribution in [3.8, 4) is 0 Å². The van der Waals surface area contributed by atoms with Gasteiger partial charge in [-0.15, -0.1) is 0 Å². The van der Waals surface area contributed by atoms with Crippen molar-refractivity contribution in [1.29, 1.82) is 0 Å². The maximum absolute atomic E-state index is 5.93. The molecule has 1 aromatic rings. The fourth-order valence-corrected chi connectivity index (χ4v) is 1.24. The van der Waals surface area contributed by atoms with E-state index < -0.39 is 0 Å². The molecule has 1 saturated heterocycles. The van der Waals surface area contributed by atoms with Crippen molar-refractivity contribution in [3.05, 3.63) is 34.3 Å². The zero-order valence-corrected chi connectivity index (χ0v) is 7.06. The molecule has 0 saturated carbocycles. The van der Waals surface area contributed by atoms with Gasteiger partial charge in [-0.25, -0.2) is 0 Å². The molecule has 1 heterocycles. The van der Waals surface area contributed by atoms with Gasteiger partial charge in [0.1, 0.15) is 6.10 Å². The molecule has 2 rings (SSSR count). The molecule has 0 bridgehead atoms. The molecule has 1 unspecified atom stereocenters. The van der Waals surface area contributed by atoms with E-state index in [0.717, 1.165) is 17.2 Å². The average molecular weight is 169 g/mol. The van der Waals surface area contributed by atoms with Crippen LogP contribution in [-0.2, 0) is 4.74 Å². The van der Waals surface area contributed by atoms with E-state index in [2.05, 4.69) is 6.07 Å². The van der Waals surface area contributed by atoms with Crippen LogP contribution < -0.4 is 0 Å². The molecule has 0 aliphatic carbocycles. The minimum atomic E-state index is 0.313. The Labute approximate surface area is 70.9 Å². The molecular formula is C9H9ClO. The Morgan fingerprint density at radius 2 is 2.27 bits per heavy atom. The second-order valence-electron chi connectivity index (χ2n) is 2.83. The monoisotopic (exact) mass is 168 g/mol. The molecular weight excluding hydrogens is 160 g/mol. The van der Waals surface area contributed by atoms with E-state index in [4.69, 9.17) is 16.3 Å². The molecule has 1 aliphatic rings. The summed E-state index contributed by atoms with van der Waals surface area (Å²) in [6.45, 7) is 2.85. The van der Waals surface area contributed by atoms with Gasteiger partial charge in [-0.3, -0.25) is 0 Å². The Bertz CT molecular complexity index is 279. The van der Waals surface area contributed by atoms with Crippen molar-refractivity contribution >= 4 is 11.6 Å². The number of epoxide rings is 1. The predicted octanol–water partition coefficient (Wildman–Crippen LogP) is 2.72. The van der Waals surface area contributed by atoms with Gasteiger partial charge >= 0.3 is 0 Å². The zero-order chi connectivity index (χ0) is 7.84. The van der Waals surface area contributed by atoms with Crippen molar-refractivity contribution in [2.24, 2.45) is 0 Å². The summed E-state index contributed by atoms with van der Waals surface area (Å²) in [6.07, 6.45) is 0.313. The van der Waals surface area contributed by atoms with Gasteiger partial charge in [0.15, 0.2) is 0 Å². The molecule has 0 N–H and O–H groups in total. The lowest BCUT2D eigenvalue weighted by Crippen LogP contribution is -1.81. The molecule has 0 aromatic heterocycles. The highest BCUT2D eigenvalue weighted by molar-refractivity contribution is 6.31. The van der Waals surface area contributed by atoms with Crippen LogP contribution in [-0.4, -0.2) is 6.61 Å². The Morgan fingerprint density at radius 1 is 1.55 bits per heavy atom. The molecule has 0 amide bonds. The van der Waals surface area contributed by atoms with E-state index in [-0.39, 0.29) is 0 Å². The molecule has 1 atom stereocenters. The molecule has 2 heteroatoms. The van der Waals surface area contributed by atoms with Crippen LogP contribution >= 0.6 is 11.6 Å². The van der Waals surface area contributed by atoms with Gasteiger partial charge in [0.05, 0.1) is 6.61 Å². The third-order valence-corrected chi connectivity index (χ3v) is 2.31. The van der Waals surface area contributed by atoms with Gasteiger partial charge in [0, 0.05) is 5.02 Å². The summed E-state index contributed by atoms with van der Waals surface area (Å²) >= 11 is 5.93. The van der Waals surface area contributed by atoms with Gasteiger partial charge in [0.2, 0.25) is 0 Å². The van der Waals surface area contributed by atoms with Crippen LogP contribution in [0, 0.1) is 6.92 Å². The zero-order valence-electron chi connectivity index (χ0n) is 6.30. The molecule has 0 spiro atoms. The first kappa shape index (κ1) is 7.14. The molecule has 0 radical (unpaired) electrons. The SMILES string of the molecule is Cc1ccc(C2CO2)cc1Cl. The highest BCUT2D eigenvalue weighted by Gasteiger charge is 2.24. The summed E-state index contributed by atoms with van der Waals surface area (Å²) in [4.78, 5) is 0. The topological polar surface area (TPSA) is 12.5 Å². The van der Waals surface area contributed by atoms with Crippen molar-refractivity contribution < 1.29 is 4.74 Å². The quantitative estimate of drug-likeness (QED) is 0.588. The summed E-state index contributed by atoms with van der Waals surface area (Å²) in [7, 11) is 0. The minimum Gasteiger partial charge on any atom is -0.368 e. The number of hydrogen-bond donors (Lipinski definition) is 0. The van der Waals surface area contributed by atoms with Crippen molar-refractivity contribution in [3.63, 3.8) is 0 Å². The fraction of sp³-hybridized carbons (Fsp3) is 0.333. The Kier molecular flexibility index (Phi) is 1.63. The van der Waals surface area contributed by atoms with E-state index in [1.54, 1.807) is 0 Å². The van der Waals surface area contributed by atoms with E-state index in [0.29, 0.717) is 6.10 Å². The number of hydrogen-bond acceptors (Lipinski definition) is 1. The smallest absolute Gasteiger partial charge is 0.106 e. The van der Waals surface area contributed by atoms with E-state index >= 15 is 0 Å². The van der Waals surface area contributed by atoms with Crippen LogP contribution in [0.15, 0.2) is 18.2 Å². The van der Waals surface area contributed by atoms with Crippen LogP contribution in [0.5, 0.6) is 0 Å². The summed E-state index contributed by atoms with van der Waals surface area (Å²) in [6, 6.07) is 6.08. The van der Waals surface area contributed by atoms with Gasteiger partial charge in [-0.1, -0.05) is 23.7 Å². The lowest BCUT2D eigenvalue weighted by Gasteiger charge is -1.99. The standard InChI is InChI=1S/C9H9ClO/c1-6-2-3-7(4-8(6)10)9-5-11-9/h2-4,9H,5H2,1H3. The molecule has 11 heavy (non-hydrogen) atoms. The summed E-state index contributed by atoms with van der Waals surface area (Å²) in [5, 5.41) is 0.831. The van der Waals surface area contributed by atoms with Gasteiger partial charge < -0.3 is 4.74 Å². The van der Waals surface area contributed by atoms with Crippen LogP contribution in [0.3, 0.4) is 0 Å². The molecule has 1 aliphatic heterocycles. The first-order chi connectivity index (χ1) is 5.27. The average Bonchev–Trinajstić information content (AvgIpc) is 2.77. The van der Waals surface area contributed by atoms with Crippen LogP contribution in [0.25, 0.3) is 0 Å². The summed E-state index contributed by atoms with van der Waals surface area (Å²) in [5.74, 6) is 0. The second-order valence-corrected chi connectivity index (χ2v) is 3.24. The number of aryl methyl sites for hydroxylation is 1. The first-order valence-corrected chi connectivity index (χ1v) is 4.03. The maximum Gasteiger partial charge on any atom is 0.106 e. The number of benzene rings is 1. The lowest BCUT2D eigenvalue weighted by molar-refractivity contribution is 0.415. The van der Waals surface area contributed by atoms with Gasteiger partial charge in [-0.05, 0) is 24.1 Å². The second kappa shape index (κ2) is 2.50. The van der Waals surface area contributed by atoms with Crippen molar-refractivity contribution in [2.45, 2.75) is 13.0 Å². The molecule has 58 valence electrons. The normalized spacial score (nSPS) is 21.8. The largest absolute Gasteiger partial charge is 0.368 e. The lowest BCUT2D eigenvalue weighted by atomic mass is 10.1. The van der Waals surface area contributed by atoms with E-state index in [1.807, 2.05) is 19.1 Å². The highest BCUT2D eigenvalue weighted by Crippen LogP contribution is 2.31. The van der Waals surface area contributed by atoms with Crippen LogP contribution in [0.4, 0.5) is 0 Å². The first-order valence-electron chi connectivity index (χ1n) is 3.65. The summed E-state index contributed by atoms with van der Waals surface area (Å²) < 4.78 is 5.13. The number of halogens is 1. The Hall–Kier alpha value is -0.530. The third kappa shape index (κ3) is 1.39. The van der Waals surface area contributed by atoms with Gasteiger partial charge in [0.25, 0.3) is 0 Å². The van der Waals surface area contributed by atoms with E-state index in [9.17, 15) is 0 Å². The molecule has 1 nitrogen and oxygen atoms in total.